The van der Waals surface area contributed by atoms with E-state index in [-0.39, 0.29) is 12.0 Å². The zero-order chi connectivity index (χ0) is 20.1. The highest BCUT2D eigenvalue weighted by molar-refractivity contribution is 5.28. The standard InChI is InChI=1S/C24H28F4/c1-2-3-4-16-5-10-18(11-6-16)19-12-7-17(8-13-19)9-14-20-15-21(25)23(27)24(28)22(20)26/h7-8,12-13,15-16,18H,2-6,9-11,14H2,1H3. The second kappa shape index (κ2) is 9.58. The number of aryl methyl sites for hydroxylation is 2. The van der Waals surface area contributed by atoms with Gasteiger partial charge in [0.15, 0.2) is 23.3 Å². The van der Waals surface area contributed by atoms with Gasteiger partial charge < -0.3 is 0 Å². The van der Waals surface area contributed by atoms with Gasteiger partial charge in [-0.15, -0.1) is 0 Å². The lowest BCUT2D eigenvalue weighted by atomic mass is 9.77. The zero-order valence-electron chi connectivity index (χ0n) is 16.4. The Morgan fingerprint density at radius 1 is 0.821 bits per heavy atom. The Bertz CT molecular complexity index is 774. The van der Waals surface area contributed by atoms with Gasteiger partial charge in [-0.05, 0) is 73.1 Å². The van der Waals surface area contributed by atoms with E-state index >= 15 is 0 Å². The largest absolute Gasteiger partial charge is 0.204 e. The van der Waals surface area contributed by atoms with Gasteiger partial charge in [0.1, 0.15) is 0 Å². The van der Waals surface area contributed by atoms with Crippen LogP contribution in [0.3, 0.4) is 0 Å². The van der Waals surface area contributed by atoms with Crippen molar-refractivity contribution in [2.24, 2.45) is 5.92 Å². The minimum Gasteiger partial charge on any atom is -0.204 e. The quantitative estimate of drug-likeness (QED) is 0.260. The van der Waals surface area contributed by atoms with Gasteiger partial charge in [-0.3, -0.25) is 0 Å². The molecule has 0 aliphatic heterocycles. The Morgan fingerprint density at radius 3 is 2.14 bits per heavy atom. The van der Waals surface area contributed by atoms with Crippen molar-refractivity contribution in [3.63, 3.8) is 0 Å². The molecule has 0 saturated heterocycles. The summed E-state index contributed by atoms with van der Waals surface area (Å²) < 4.78 is 53.5. The van der Waals surface area contributed by atoms with Crippen molar-refractivity contribution in [2.75, 3.05) is 0 Å². The molecule has 1 saturated carbocycles. The predicted molar refractivity (Wildman–Crippen MR) is 104 cm³/mol. The van der Waals surface area contributed by atoms with Crippen LogP contribution in [0.2, 0.25) is 0 Å². The molecule has 152 valence electrons. The minimum absolute atomic E-state index is 0.127. The normalized spacial score (nSPS) is 19.8. The number of rotatable bonds is 7. The number of unbranched alkanes of at least 4 members (excludes halogenated alkanes) is 1. The summed E-state index contributed by atoms with van der Waals surface area (Å²) in [5.74, 6) is -4.66. The van der Waals surface area contributed by atoms with E-state index in [1.807, 2.05) is 12.1 Å². The summed E-state index contributed by atoms with van der Waals surface area (Å²) in [7, 11) is 0. The van der Waals surface area contributed by atoms with Gasteiger partial charge in [0, 0.05) is 0 Å². The number of benzene rings is 2. The van der Waals surface area contributed by atoms with Gasteiger partial charge in [-0.25, -0.2) is 17.6 Å². The Hall–Kier alpha value is -1.84. The molecule has 1 fully saturated rings. The summed E-state index contributed by atoms with van der Waals surface area (Å²) in [6, 6.07) is 9.00. The molecule has 0 unspecified atom stereocenters. The molecule has 0 nitrogen and oxygen atoms in total. The van der Waals surface area contributed by atoms with Crippen molar-refractivity contribution >= 4 is 0 Å². The summed E-state index contributed by atoms with van der Waals surface area (Å²) in [5, 5.41) is 0. The topological polar surface area (TPSA) is 0 Å². The third-order valence-corrected chi connectivity index (χ3v) is 6.12. The minimum atomic E-state index is -1.75. The van der Waals surface area contributed by atoms with Crippen molar-refractivity contribution in [2.45, 2.75) is 70.6 Å². The van der Waals surface area contributed by atoms with Crippen molar-refractivity contribution in [1.29, 1.82) is 0 Å². The van der Waals surface area contributed by atoms with Crippen LogP contribution < -0.4 is 0 Å². The predicted octanol–water partition coefficient (Wildman–Crippen LogP) is 7.49. The molecule has 0 atom stereocenters. The molecule has 4 heteroatoms. The van der Waals surface area contributed by atoms with E-state index in [2.05, 4.69) is 19.1 Å². The fourth-order valence-corrected chi connectivity index (χ4v) is 4.32. The average molecular weight is 392 g/mol. The van der Waals surface area contributed by atoms with Crippen LogP contribution in [0.15, 0.2) is 30.3 Å². The fraction of sp³-hybridized carbons (Fsp3) is 0.500. The lowest BCUT2D eigenvalue weighted by Crippen LogP contribution is -2.13. The van der Waals surface area contributed by atoms with Crippen LogP contribution in [0, 0.1) is 29.2 Å². The highest BCUT2D eigenvalue weighted by atomic mass is 19.2. The van der Waals surface area contributed by atoms with Crippen LogP contribution in [0.1, 0.15) is 74.5 Å². The summed E-state index contributed by atoms with van der Waals surface area (Å²) >= 11 is 0. The van der Waals surface area contributed by atoms with Crippen LogP contribution in [0.4, 0.5) is 17.6 Å². The second-order valence-electron chi connectivity index (χ2n) is 8.06. The van der Waals surface area contributed by atoms with E-state index in [1.165, 1.54) is 50.5 Å². The van der Waals surface area contributed by atoms with E-state index < -0.39 is 23.3 Å². The zero-order valence-corrected chi connectivity index (χ0v) is 16.4. The number of hydrogen-bond acceptors (Lipinski definition) is 0. The van der Waals surface area contributed by atoms with Crippen molar-refractivity contribution in [3.05, 3.63) is 70.3 Å². The van der Waals surface area contributed by atoms with E-state index in [4.69, 9.17) is 0 Å². The smallest absolute Gasteiger partial charge is 0.197 e. The van der Waals surface area contributed by atoms with Gasteiger partial charge in [-0.2, -0.15) is 0 Å². The molecule has 0 N–H and O–H groups in total. The molecule has 28 heavy (non-hydrogen) atoms. The van der Waals surface area contributed by atoms with Crippen molar-refractivity contribution in [3.8, 4) is 0 Å². The first-order valence-electron chi connectivity index (χ1n) is 10.4. The van der Waals surface area contributed by atoms with E-state index in [9.17, 15) is 17.6 Å². The van der Waals surface area contributed by atoms with E-state index in [0.29, 0.717) is 12.3 Å². The third kappa shape index (κ3) is 4.95. The second-order valence-corrected chi connectivity index (χ2v) is 8.06. The van der Waals surface area contributed by atoms with E-state index in [1.54, 1.807) is 0 Å². The molecular weight excluding hydrogens is 364 g/mol. The summed E-state index contributed by atoms with van der Waals surface area (Å²) in [4.78, 5) is 0. The molecule has 0 spiro atoms. The van der Waals surface area contributed by atoms with Crippen molar-refractivity contribution < 1.29 is 17.6 Å². The molecule has 0 amide bonds. The first kappa shape index (κ1) is 20.9. The molecule has 3 rings (SSSR count). The van der Waals surface area contributed by atoms with Crippen LogP contribution in [-0.4, -0.2) is 0 Å². The summed E-state index contributed by atoms with van der Waals surface area (Å²) in [5.41, 5.74) is 2.18. The third-order valence-electron chi connectivity index (χ3n) is 6.12. The maximum atomic E-state index is 13.8. The van der Waals surface area contributed by atoms with Gasteiger partial charge in [0.25, 0.3) is 0 Å². The molecule has 0 aromatic heterocycles. The molecule has 0 bridgehead atoms. The molecule has 0 radical (unpaired) electrons. The molecule has 0 heterocycles. The Labute approximate surface area is 165 Å². The van der Waals surface area contributed by atoms with Gasteiger partial charge in [0.2, 0.25) is 0 Å². The molecular formula is C24H28F4. The average Bonchev–Trinajstić information content (AvgIpc) is 2.73. The maximum Gasteiger partial charge on any atom is 0.197 e. The van der Waals surface area contributed by atoms with Crippen LogP contribution in [-0.2, 0) is 12.8 Å². The van der Waals surface area contributed by atoms with Crippen LogP contribution in [0.25, 0.3) is 0 Å². The lowest BCUT2D eigenvalue weighted by molar-refractivity contribution is 0.304. The van der Waals surface area contributed by atoms with E-state index in [0.717, 1.165) is 17.5 Å². The Morgan fingerprint density at radius 2 is 1.50 bits per heavy atom. The first-order chi connectivity index (χ1) is 13.5. The molecule has 1 aliphatic carbocycles. The van der Waals surface area contributed by atoms with Gasteiger partial charge in [-0.1, -0.05) is 50.5 Å². The molecule has 1 aliphatic rings. The summed E-state index contributed by atoms with van der Waals surface area (Å²) in [6.45, 7) is 2.24. The Kier molecular flexibility index (Phi) is 7.14. The molecule has 2 aromatic rings. The SMILES string of the molecule is CCCCC1CCC(c2ccc(CCc3cc(F)c(F)c(F)c3F)cc2)CC1. The lowest BCUT2D eigenvalue weighted by Gasteiger charge is -2.29. The first-order valence-corrected chi connectivity index (χ1v) is 10.4. The highest BCUT2D eigenvalue weighted by Crippen LogP contribution is 2.37. The van der Waals surface area contributed by atoms with Crippen LogP contribution in [0.5, 0.6) is 0 Å². The van der Waals surface area contributed by atoms with Gasteiger partial charge >= 0.3 is 0 Å². The van der Waals surface area contributed by atoms with Gasteiger partial charge in [0.05, 0.1) is 0 Å². The molecule has 2 aromatic carbocycles. The van der Waals surface area contributed by atoms with Crippen molar-refractivity contribution in [1.82, 2.24) is 0 Å². The number of hydrogen-bond donors (Lipinski definition) is 0. The summed E-state index contributed by atoms with van der Waals surface area (Å²) in [6.07, 6.45) is 9.58. The number of halogens is 4. The highest BCUT2D eigenvalue weighted by Gasteiger charge is 2.22. The Balaban J connectivity index is 1.56. The maximum absolute atomic E-state index is 13.8. The fourth-order valence-electron chi connectivity index (χ4n) is 4.32. The monoisotopic (exact) mass is 392 g/mol. The van der Waals surface area contributed by atoms with Crippen LogP contribution >= 0.6 is 0 Å².